The zero-order valence-electron chi connectivity index (χ0n) is 15.6. The van der Waals surface area contributed by atoms with Crippen molar-refractivity contribution in [3.8, 4) is 0 Å². The maximum Gasteiger partial charge on any atom is 0.410 e. The summed E-state index contributed by atoms with van der Waals surface area (Å²) in [6.45, 7) is 6.57. The van der Waals surface area contributed by atoms with Gasteiger partial charge in [-0.15, -0.1) is 0 Å². The third kappa shape index (κ3) is 4.13. The van der Waals surface area contributed by atoms with Gasteiger partial charge in [0.05, 0.1) is 10.5 Å². The maximum absolute atomic E-state index is 12.6. The number of piperazine rings is 1. The molecule has 1 fully saturated rings. The Balaban J connectivity index is 1.56. The molecule has 1 saturated heterocycles. The van der Waals surface area contributed by atoms with Gasteiger partial charge in [0, 0.05) is 26.2 Å². The van der Waals surface area contributed by atoms with E-state index in [1.807, 2.05) is 0 Å². The van der Waals surface area contributed by atoms with Gasteiger partial charge < -0.3 is 14.5 Å². The van der Waals surface area contributed by atoms with Crippen molar-refractivity contribution >= 4 is 28.9 Å². The molecule has 0 aromatic heterocycles. The summed E-state index contributed by atoms with van der Waals surface area (Å²) in [4.78, 5) is 40.6. The highest BCUT2D eigenvalue weighted by Gasteiger charge is 2.37. The number of amides is 3. The number of benzene rings is 1. The number of rotatable bonds is 2. The fraction of sp³-hybridized carbons (Fsp3) is 0.500. The summed E-state index contributed by atoms with van der Waals surface area (Å²) in [6.07, 6.45) is -0.402. The average Bonchev–Trinajstić information content (AvgIpc) is 2.86. The van der Waals surface area contributed by atoms with Crippen molar-refractivity contribution in [2.45, 2.75) is 31.3 Å². The molecule has 1 aromatic rings. The molecule has 0 saturated carbocycles. The number of carbonyl (C=O) groups is 3. The molecule has 146 valence electrons. The van der Waals surface area contributed by atoms with Crippen LogP contribution in [0.25, 0.3) is 0 Å². The minimum atomic E-state index is -1.66. The van der Waals surface area contributed by atoms with Crippen LogP contribution in [0.15, 0.2) is 29.2 Å². The first-order valence-corrected chi connectivity index (χ1v) is 9.86. The number of ether oxygens (including phenoxy) is 1. The van der Waals surface area contributed by atoms with Crippen molar-refractivity contribution in [3.05, 3.63) is 29.8 Å². The van der Waals surface area contributed by atoms with Gasteiger partial charge in [0.15, 0.2) is 11.0 Å². The standard InChI is InChI=1S/C18H23N3O5S/c1-18(2,3)26-17(24)20-10-8-19(9-11-20)15(22)12-21-16(23)13-6-4-5-7-14(13)27(21)25/h4-7H,8-12H2,1-3H3. The predicted octanol–water partition coefficient (Wildman–Crippen LogP) is 1.24. The van der Waals surface area contributed by atoms with Crippen LogP contribution in [-0.2, 0) is 20.5 Å². The molecule has 2 heterocycles. The van der Waals surface area contributed by atoms with Gasteiger partial charge in [0.2, 0.25) is 5.91 Å². The fourth-order valence-corrected chi connectivity index (χ4v) is 4.19. The van der Waals surface area contributed by atoms with Gasteiger partial charge in [-0.05, 0) is 32.9 Å². The smallest absolute Gasteiger partial charge is 0.410 e. The predicted molar refractivity (Wildman–Crippen MR) is 98.3 cm³/mol. The number of nitrogens with zero attached hydrogens (tertiary/aromatic N) is 3. The summed E-state index contributed by atoms with van der Waals surface area (Å²) >= 11 is 0. The molecule has 27 heavy (non-hydrogen) atoms. The van der Waals surface area contributed by atoms with Crippen LogP contribution >= 0.6 is 0 Å². The maximum atomic E-state index is 12.6. The van der Waals surface area contributed by atoms with Gasteiger partial charge in [-0.25, -0.2) is 13.3 Å². The third-order valence-electron chi connectivity index (χ3n) is 4.30. The number of fused-ring (bicyclic) bond motifs is 1. The first kappa shape index (κ1) is 19.3. The van der Waals surface area contributed by atoms with Crippen LogP contribution in [0, 0.1) is 0 Å². The highest BCUT2D eigenvalue weighted by Crippen LogP contribution is 2.26. The van der Waals surface area contributed by atoms with Crippen LogP contribution in [0.1, 0.15) is 31.1 Å². The summed E-state index contributed by atoms with van der Waals surface area (Å²) in [5.74, 6) is -0.682. The summed E-state index contributed by atoms with van der Waals surface area (Å²) in [6, 6.07) is 6.66. The molecule has 2 aliphatic rings. The molecule has 3 rings (SSSR count). The fourth-order valence-electron chi connectivity index (χ4n) is 2.94. The molecular weight excluding hydrogens is 370 g/mol. The van der Waals surface area contributed by atoms with Gasteiger partial charge in [0.1, 0.15) is 12.1 Å². The van der Waals surface area contributed by atoms with Crippen molar-refractivity contribution in [2.75, 3.05) is 32.7 Å². The molecule has 0 bridgehead atoms. The number of hydrogen-bond donors (Lipinski definition) is 0. The summed E-state index contributed by atoms with van der Waals surface area (Å²) < 4.78 is 18.9. The van der Waals surface area contributed by atoms with E-state index in [1.165, 1.54) is 0 Å². The second-order valence-electron chi connectivity index (χ2n) is 7.44. The van der Waals surface area contributed by atoms with Gasteiger partial charge in [-0.2, -0.15) is 0 Å². The van der Waals surface area contributed by atoms with E-state index in [2.05, 4.69) is 0 Å². The Morgan fingerprint density at radius 2 is 1.67 bits per heavy atom. The lowest BCUT2D eigenvalue weighted by molar-refractivity contribution is -0.132. The summed E-state index contributed by atoms with van der Waals surface area (Å²) in [5.41, 5.74) is -0.197. The molecule has 0 radical (unpaired) electrons. The van der Waals surface area contributed by atoms with Crippen LogP contribution in [-0.4, -0.2) is 74.5 Å². The molecule has 0 spiro atoms. The van der Waals surface area contributed by atoms with Crippen LogP contribution in [0.3, 0.4) is 0 Å². The molecule has 3 amide bonds. The quantitative estimate of drug-likeness (QED) is 0.755. The molecule has 2 aliphatic heterocycles. The number of hydrogen-bond acceptors (Lipinski definition) is 5. The van der Waals surface area contributed by atoms with E-state index in [9.17, 15) is 18.6 Å². The minimum absolute atomic E-state index is 0.243. The van der Waals surface area contributed by atoms with E-state index in [-0.39, 0.29) is 12.5 Å². The second kappa shape index (κ2) is 7.30. The zero-order chi connectivity index (χ0) is 19.8. The van der Waals surface area contributed by atoms with E-state index in [4.69, 9.17) is 4.74 Å². The van der Waals surface area contributed by atoms with Crippen molar-refractivity contribution in [2.24, 2.45) is 0 Å². The Bertz CT molecular complexity index is 761. The molecule has 9 heteroatoms. The molecule has 1 atom stereocenters. The Hall–Kier alpha value is -2.42. The Labute approximate surface area is 160 Å². The van der Waals surface area contributed by atoms with E-state index in [0.717, 1.165) is 4.31 Å². The molecular formula is C18H23N3O5S. The minimum Gasteiger partial charge on any atom is -0.444 e. The molecule has 8 nitrogen and oxygen atoms in total. The van der Waals surface area contributed by atoms with E-state index in [1.54, 1.807) is 54.8 Å². The zero-order valence-corrected chi connectivity index (χ0v) is 16.5. The van der Waals surface area contributed by atoms with E-state index >= 15 is 0 Å². The second-order valence-corrected chi connectivity index (χ2v) is 8.81. The number of carbonyl (C=O) groups excluding carboxylic acids is 3. The van der Waals surface area contributed by atoms with Crippen LogP contribution < -0.4 is 0 Å². The Morgan fingerprint density at radius 3 is 2.26 bits per heavy atom. The van der Waals surface area contributed by atoms with Gasteiger partial charge in [-0.1, -0.05) is 12.1 Å². The van der Waals surface area contributed by atoms with Gasteiger partial charge >= 0.3 is 6.09 Å². The lowest BCUT2D eigenvalue weighted by Gasteiger charge is -2.36. The third-order valence-corrected chi connectivity index (χ3v) is 5.72. The van der Waals surface area contributed by atoms with E-state index in [0.29, 0.717) is 36.6 Å². The summed E-state index contributed by atoms with van der Waals surface area (Å²) in [5, 5.41) is 0. The first-order chi connectivity index (χ1) is 12.7. The van der Waals surface area contributed by atoms with Gasteiger partial charge in [-0.3, -0.25) is 9.59 Å². The van der Waals surface area contributed by atoms with Gasteiger partial charge in [0.25, 0.3) is 5.91 Å². The molecule has 1 unspecified atom stereocenters. The van der Waals surface area contributed by atoms with Crippen molar-refractivity contribution < 1.29 is 23.3 Å². The lowest BCUT2D eigenvalue weighted by atomic mass is 10.2. The van der Waals surface area contributed by atoms with Crippen molar-refractivity contribution in [3.63, 3.8) is 0 Å². The monoisotopic (exact) mass is 393 g/mol. The van der Waals surface area contributed by atoms with Crippen LogP contribution in [0.5, 0.6) is 0 Å². The Morgan fingerprint density at radius 1 is 1.07 bits per heavy atom. The lowest BCUT2D eigenvalue weighted by Crippen LogP contribution is -2.53. The highest BCUT2D eigenvalue weighted by atomic mass is 32.2. The average molecular weight is 393 g/mol. The largest absolute Gasteiger partial charge is 0.444 e. The topological polar surface area (TPSA) is 87.2 Å². The molecule has 0 aliphatic carbocycles. The Kier molecular flexibility index (Phi) is 5.23. The SMILES string of the molecule is CC(C)(C)OC(=O)N1CCN(C(=O)CN2C(=O)c3ccccc3S2=O)CC1. The molecule has 1 aromatic carbocycles. The van der Waals surface area contributed by atoms with Crippen molar-refractivity contribution in [1.29, 1.82) is 0 Å². The molecule has 0 N–H and O–H groups in total. The van der Waals surface area contributed by atoms with E-state index < -0.39 is 28.6 Å². The summed E-state index contributed by atoms with van der Waals surface area (Å²) in [7, 11) is -1.66. The first-order valence-electron chi connectivity index (χ1n) is 8.76. The highest BCUT2D eigenvalue weighted by molar-refractivity contribution is 7.84. The normalized spacial score (nSPS) is 19.9. The van der Waals surface area contributed by atoms with Crippen LogP contribution in [0.4, 0.5) is 4.79 Å². The van der Waals surface area contributed by atoms with Crippen LogP contribution in [0.2, 0.25) is 0 Å². The van der Waals surface area contributed by atoms with Crippen molar-refractivity contribution in [1.82, 2.24) is 14.1 Å².